The minimum Gasteiger partial charge on any atom is -0.375 e. The fourth-order valence-electron chi connectivity index (χ4n) is 4.37. The Labute approximate surface area is 200 Å². The van der Waals surface area contributed by atoms with Crippen molar-refractivity contribution >= 4 is 51.9 Å². The molecule has 2 atom stereocenters. The second kappa shape index (κ2) is 9.56. The summed E-state index contributed by atoms with van der Waals surface area (Å²) in [6, 6.07) is 2.06. The van der Waals surface area contributed by atoms with Crippen LogP contribution in [-0.2, 0) is 19.1 Å². The molecule has 1 fully saturated rings. The molecule has 176 valence electrons. The van der Waals surface area contributed by atoms with Crippen LogP contribution < -0.4 is 4.90 Å². The topological polar surface area (TPSA) is 84.0 Å². The van der Waals surface area contributed by atoms with Crippen molar-refractivity contribution in [2.75, 3.05) is 24.6 Å². The second-order valence-electron chi connectivity index (χ2n) is 8.41. The largest absolute Gasteiger partial charge is 0.375 e. The molecule has 2 aliphatic heterocycles. The molecule has 10 heteroatoms. The molecule has 3 aliphatic rings. The highest BCUT2D eigenvalue weighted by Gasteiger charge is 2.41. The van der Waals surface area contributed by atoms with Crippen molar-refractivity contribution in [3.05, 3.63) is 39.7 Å². The normalized spacial score (nSPS) is 22.0. The highest BCUT2D eigenvalue weighted by molar-refractivity contribution is 8.15. The van der Waals surface area contributed by atoms with E-state index < -0.39 is 28.0 Å². The molecule has 7 nitrogen and oxygen atoms in total. The summed E-state index contributed by atoms with van der Waals surface area (Å²) in [5.41, 5.74) is 0.482. The Hall–Kier alpha value is -2.23. The van der Waals surface area contributed by atoms with Gasteiger partial charge < -0.3 is 9.64 Å². The molecule has 0 aromatic heterocycles. The average molecular weight is 495 g/mol. The zero-order chi connectivity index (χ0) is 23.9. The number of anilines is 1. The molecule has 1 aliphatic carbocycles. The van der Waals surface area contributed by atoms with E-state index in [2.05, 4.69) is 0 Å². The number of carbonyl (C=O) groups is 4. The van der Waals surface area contributed by atoms with Gasteiger partial charge in [0, 0.05) is 29.8 Å². The van der Waals surface area contributed by atoms with Crippen LogP contribution in [0.25, 0.3) is 0 Å². The van der Waals surface area contributed by atoms with Gasteiger partial charge in [-0.15, -0.1) is 0 Å². The molecule has 0 radical (unpaired) electrons. The van der Waals surface area contributed by atoms with Gasteiger partial charge in [-0.2, -0.15) is 0 Å². The van der Waals surface area contributed by atoms with Gasteiger partial charge in [0.15, 0.2) is 0 Å². The van der Waals surface area contributed by atoms with Gasteiger partial charge in [0.1, 0.15) is 5.82 Å². The van der Waals surface area contributed by atoms with Gasteiger partial charge in [-0.1, -0.05) is 23.4 Å². The lowest BCUT2D eigenvalue weighted by atomic mass is 9.93. The summed E-state index contributed by atoms with van der Waals surface area (Å²) in [7, 11) is 0. The van der Waals surface area contributed by atoms with Crippen molar-refractivity contribution in [1.29, 1.82) is 0 Å². The molecule has 1 saturated heterocycles. The maximum Gasteiger partial charge on any atom is 0.261 e. The first-order valence-corrected chi connectivity index (χ1v) is 12.2. The van der Waals surface area contributed by atoms with E-state index in [0.717, 1.165) is 41.6 Å². The van der Waals surface area contributed by atoms with Crippen LogP contribution in [0.4, 0.5) is 10.1 Å². The summed E-state index contributed by atoms with van der Waals surface area (Å²) >= 11 is 6.92. The molecule has 4 rings (SSSR count). The van der Waals surface area contributed by atoms with Crippen LogP contribution >= 0.6 is 23.4 Å². The summed E-state index contributed by atoms with van der Waals surface area (Å²) in [6.45, 7) is 4.81. The van der Waals surface area contributed by atoms with Gasteiger partial charge in [0.05, 0.1) is 28.7 Å². The summed E-state index contributed by atoms with van der Waals surface area (Å²) < 4.78 is 20.2. The van der Waals surface area contributed by atoms with Crippen LogP contribution in [-0.4, -0.2) is 58.8 Å². The summed E-state index contributed by atoms with van der Waals surface area (Å²) in [6.07, 6.45) is 2.46. The van der Waals surface area contributed by atoms with E-state index in [1.807, 2.05) is 6.92 Å². The predicted molar refractivity (Wildman–Crippen MR) is 123 cm³/mol. The smallest absolute Gasteiger partial charge is 0.261 e. The second-order valence-corrected chi connectivity index (χ2v) is 10.1. The summed E-state index contributed by atoms with van der Waals surface area (Å²) in [5, 5.41) is -1.39. The maximum atomic E-state index is 14.8. The van der Waals surface area contributed by atoms with E-state index in [1.54, 1.807) is 11.8 Å². The predicted octanol–water partition coefficient (Wildman–Crippen LogP) is 3.73. The van der Waals surface area contributed by atoms with Crippen molar-refractivity contribution in [2.45, 2.75) is 50.9 Å². The highest BCUT2D eigenvalue weighted by Crippen LogP contribution is 2.38. The third-order valence-corrected chi connectivity index (χ3v) is 7.37. The van der Waals surface area contributed by atoms with Crippen LogP contribution in [0.5, 0.6) is 0 Å². The maximum absolute atomic E-state index is 14.8. The Kier molecular flexibility index (Phi) is 6.93. The van der Waals surface area contributed by atoms with Crippen molar-refractivity contribution in [3.63, 3.8) is 0 Å². The number of amides is 3. The molecule has 33 heavy (non-hydrogen) atoms. The van der Waals surface area contributed by atoms with Crippen LogP contribution in [0.15, 0.2) is 23.3 Å². The van der Waals surface area contributed by atoms with Crippen LogP contribution in [0, 0.1) is 5.82 Å². The average Bonchev–Trinajstić information content (AvgIpc) is 3.03. The number of halogens is 2. The minimum absolute atomic E-state index is 0.0569. The van der Waals surface area contributed by atoms with E-state index in [4.69, 9.17) is 16.3 Å². The fraction of sp³-hybridized carbons (Fsp3) is 0.478. The van der Waals surface area contributed by atoms with Crippen LogP contribution in [0.3, 0.4) is 0 Å². The molecular weight excluding hydrogens is 471 g/mol. The number of benzene rings is 1. The zero-order valence-corrected chi connectivity index (χ0v) is 19.9. The lowest BCUT2D eigenvalue weighted by Crippen LogP contribution is -2.47. The number of nitrogens with zero attached hydrogens (tertiary/aromatic N) is 2. The fourth-order valence-corrected chi connectivity index (χ4v) is 5.53. The Bertz CT molecular complexity index is 1050. The summed E-state index contributed by atoms with van der Waals surface area (Å²) in [4.78, 5) is 53.9. The molecule has 0 N–H and O–H groups in total. The molecule has 2 unspecified atom stereocenters. The number of rotatable bonds is 4. The lowest BCUT2D eigenvalue weighted by Gasteiger charge is -2.32. The van der Waals surface area contributed by atoms with Gasteiger partial charge >= 0.3 is 0 Å². The van der Waals surface area contributed by atoms with Crippen LogP contribution in [0.2, 0.25) is 5.02 Å². The van der Waals surface area contributed by atoms with Gasteiger partial charge in [-0.25, -0.2) is 9.29 Å². The minimum atomic E-state index is -0.866. The third kappa shape index (κ3) is 4.58. The first-order valence-electron chi connectivity index (χ1n) is 10.9. The lowest BCUT2D eigenvalue weighted by molar-refractivity contribution is -0.137. The van der Waals surface area contributed by atoms with Crippen molar-refractivity contribution in [1.82, 2.24) is 4.90 Å². The zero-order valence-electron chi connectivity index (χ0n) is 18.4. The number of ether oxygens (including phenoxy) is 1. The van der Waals surface area contributed by atoms with Gasteiger partial charge in [0.25, 0.3) is 11.8 Å². The van der Waals surface area contributed by atoms with Gasteiger partial charge in [-0.3, -0.25) is 19.2 Å². The third-order valence-electron chi connectivity index (χ3n) is 6.07. The molecule has 0 spiro atoms. The highest BCUT2D eigenvalue weighted by atomic mass is 35.5. The van der Waals surface area contributed by atoms with E-state index in [0.29, 0.717) is 43.7 Å². The Morgan fingerprint density at radius 3 is 2.42 bits per heavy atom. The standard InChI is InChI=1S/C23H24ClFN2O5S/c1-12-11-26(7-8-32-12)20(28)13(2)33-23(31)16-9-19(18(25)10-17(16)24)27-21(29)14-5-3-4-6-15(14)22(27)30/h9-10,12-13H,3-8,11H2,1-2H3. The number of thioether (sulfide) groups is 1. The monoisotopic (exact) mass is 494 g/mol. The first kappa shape index (κ1) is 23.9. The Balaban J connectivity index is 1.55. The SMILES string of the molecule is CC1CN(C(=O)C(C)SC(=O)c2cc(N3C(=O)C4=C(CCCC4)C3=O)c(F)cc2Cl)CCO1. The van der Waals surface area contributed by atoms with Crippen molar-refractivity contribution in [3.8, 4) is 0 Å². The van der Waals surface area contributed by atoms with Gasteiger partial charge in [-0.05, 0) is 51.7 Å². The number of hydrogen-bond acceptors (Lipinski definition) is 6. The summed E-state index contributed by atoms with van der Waals surface area (Å²) in [5.74, 6) is -2.17. The quantitative estimate of drug-likeness (QED) is 0.593. The molecule has 2 heterocycles. The number of morpholine rings is 1. The van der Waals surface area contributed by atoms with E-state index in [-0.39, 0.29) is 28.3 Å². The molecule has 3 amide bonds. The Morgan fingerprint density at radius 1 is 1.18 bits per heavy atom. The molecular formula is C23H24ClFN2O5S. The van der Waals surface area contributed by atoms with Crippen molar-refractivity contribution in [2.24, 2.45) is 0 Å². The number of carbonyl (C=O) groups excluding carboxylic acids is 4. The van der Waals surface area contributed by atoms with E-state index in [1.165, 1.54) is 0 Å². The molecule has 1 aromatic carbocycles. The van der Waals surface area contributed by atoms with Gasteiger partial charge in [0.2, 0.25) is 11.0 Å². The Morgan fingerprint density at radius 2 is 1.82 bits per heavy atom. The number of imide groups is 1. The molecule has 0 bridgehead atoms. The van der Waals surface area contributed by atoms with E-state index >= 15 is 0 Å². The molecule has 1 aromatic rings. The van der Waals surface area contributed by atoms with Crippen molar-refractivity contribution < 1.29 is 28.3 Å². The molecule has 0 saturated carbocycles. The van der Waals surface area contributed by atoms with E-state index in [9.17, 15) is 23.6 Å². The number of hydrogen-bond donors (Lipinski definition) is 0. The first-order chi connectivity index (χ1) is 15.7. The van der Waals surface area contributed by atoms with Crippen LogP contribution in [0.1, 0.15) is 49.9 Å².